The Morgan fingerprint density at radius 2 is 1.67 bits per heavy atom. The zero-order valence-corrected chi connectivity index (χ0v) is 20.2. The van der Waals surface area contributed by atoms with Crippen LogP contribution in [0.2, 0.25) is 10.0 Å². The van der Waals surface area contributed by atoms with Gasteiger partial charge in [0.05, 0.1) is 28.0 Å². The van der Waals surface area contributed by atoms with Crippen molar-refractivity contribution in [1.29, 1.82) is 0 Å². The highest BCUT2D eigenvalue weighted by molar-refractivity contribution is 8.04. The van der Waals surface area contributed by atoms with E-state index in [1.807, 2.05) is 50.2 Å². The maximum absolute atomic E-state index is 13.5. The predicted octanol–water partition coefficient (Wildman–Crippen LogP) is 6.69. The van der Waals surface area contributed by atoms with Crippen LogP contribution in [-0.2, 0) is 9.59 Å². The second kappa shape index (κ2) is 9.91. The van der Waals surface area contributed by atoms with E-state index < -0.39 is 11.8 Å². The first-order valence-corrected chi connectivity index (χ1v) is 11.8. The van der Waals surface area contributed by atoms with Crippen molar-refractivity contribution in [2.24, 2.45) is 0 Å². The van der Waals surface area contributed by atoms with E-state index in [-0.39, 0.29) is 26.3 Å². The van der Waals surface area contributed by atoms with E-state index in [9.17, 15) is 9.59 Å². The second-order valence-electron chi connectivity index (χ2n) is 7.19. The molecule has 0 aliphatic carbocycles. The maximum atomic E-state index is 13.5. The topological polar surface area (TPSA) is 58.6 Å². The first-order valence-electron chi connectivity index (χ1n) is 10.2. The smallest absolute Gasteiger partial charge is 0.283 e. The third-order valence-corrected chi connectivity index (χ3v) is 6.80. The molecule has 33 heavy (non-hydrogen) atoms. The van der Waals surface area contributed by atoms with Crippen molar-refractivity contribution in [3.63, 3.8) is 0 Å². The zero-order valence-electron chi connectivity index (χ0n) is 17.9. The molecule has 0 spiro atoms. The van der Waals surface area contributed by atoms with Crippen LogP contribution < -0.4 is 15.0 Å². The van der Waals surface area contributed by atoms with Gasteiger partial charge in [0, 0.05) is 4.90 Å². The molecule has 2 amide bonds. The van der Waals surface area contributed by atoms with Crippen LogP contribution in [0.5, 0.6) is 5.75 Å². The van der Waals surface area contributed by atoms with Crippen LogP contribution in [0, 0.1) is 6.92 Å². The van der Waals surface area contributed by atoms with Gasteiger partial charge in [0.25, 0.3) is 11.8 Å². The fraction of sp³-hybridized carbons (Fsp3) is 0.120. The molecule has 5 nitrogen and oxygen atoms in total. The summed E-state index contributed by atoms with van der Waals surface area (Å²) in [6, 6.07) is 19.8. The number of anilines is 2. The lowest BCUT2D eigenvalue weighted by Crippen LogP contribution is -2.32. The molecule has 3 aromatic rings. The Kier molecular flexibility index (Phi) is 6.98. The predicted molar refractivity (Wildman–Crippen MR) is 134 cm³/mol. The Morgan fingerprint density at radius 3 is 2.39 bits per heavy atom. The summed E-state index contributed by atoms with van der Waals surface area (Å²) in [6.07, 6.45) is 0. The minimum absolute atomic E-state index is 0.136. The van der Waals surface area contributed by atoms with Crippen molar-refractivity contribution in [1.82, 2.24) is 0 Å². The van der Waals surface area contributed by atoms with Gasteiger partial charge >= 0.3 is 0 Å². The molecule has 0 saturated carbocycles. The molecule has 1 heterocycles. The molecule has 1 aliphatic heterocycles. The third kappa shape index (κ3) is 4.74. The number of carbonyl (C=O) groups is 2. The molecule has 8 heteroatoms. The number of imide groups is 1. The molecule has 1 N–H and O–H groups in total. The summed E-state index contributed by atoms with van der Waals surface area (Å²) in [4.78, 5) is 29.2. The number of thioether (sulfide) groups is 1. The highest BCUT2D eigenvalue weighted by Crippen LogP contribution is 2.42. The van der Waals surface area contributed by atoms with Gasteiger partial charge in [-0.2, -0.15) is 0 Å². The van der Waals surface area contributed by atoms with Gasteiger partial charge in [0.1, 0.15) is 16.4 Å². The summed E-state index contributed by atoms with van der Waals surface area (Å²) in [7, 11) is 0. The van der Waals surface area contributed by atoms with Crippen LogP contribution in [0.3, 0.4) is 0 Å². The lowest BCUT2D eigenvalue weighted by molar-refractivity contribution is -0.120. The lowest BCUT2D eigenvalue weighted by Gasteiger charge is -2.17. The minimum atomic E-state index is -0.523. The van der Waals surface area contributed by atoms with Crippen LogP contribution in [0.15, 0.2) is 82.2 Å². The van der Waals surface area contributed by atoms with Crippen molar-refractivity contribution < 1.29 is 14.3 Å². The zero-order chi connectivity index (χ0) is 23.5. The van der Waals surface area contributed by atoms with Gasteiger partial charge < -0.3 is 10.1 Å². The average molecular weight is 499 g/mol. The second-order valence-corrected chi connectivity index (χ2v) is 9.06. The molecular formula is C25H20Cl2N2O3S. The van der Waals surface area contributed by atoms with Crippen LogP contribution in [0.25, 0.3) is 0 Å². The molecule has 168 valence electrons. The first kappa shape index (κ1) is 23.2. The maximum Gasteiger partial charge on any atom is 0.283 e. The SMILES string of the molecule is CCOc1ccccc1NC1=C(Sc2ccc(C)cc2)C(=O)N(c2cccc(Cl)c2Cl)C1=O. The summed E-state index contributed by atoms with van der Waals surface area (Å²) >= 11 is 13.7. The molecule has 0 radical (unpaired) electrons. The number of nitrogens with zero attached hydrogens (tertiary/aromatic N) is 1. The van der Waals surface area contributed by atoms with E-state index in [2.05, 4.69) is 5.32 Å². The molecule has 0 bridgehead atoms. The molecule has 0 saturated heterocycles. The summed E-state index contributed by atoms with van der Waals surface area (Å²) in [6.45, 7) is 4.32. The summed E-state index contributed by atoms with van der Waals surface area (Å²) in [5.74, 6) is -0.428. The van der Waals surface area contributed by atoms with Gasteiger partial charge in [0.15, 0.2) is 0 Å². The molecule has 3 aromatic carbocycles. The van der Waals surface area contributed by atoms with E-state index in [4.69, 9.17) is 27.9 Å². The average Bonchev–Trinajstić information content (AvgIpc) is 3.02. The summed E-state index contributed by atoms with van der Waals surface area (Å²) in [5, 5.41) is 3.53. The van der Waals surface area contributed by atoms with Gasteiger partial charge in [-0.15, -0.1) is 0 Å². The Morgan fingerprint density at radius 1 is 0.939 bits per heavy atom. The molecule has 0 aromatic heterocycles. The molecular weight excluding hydrogens is 479 g/mol. The standard InChI is InChI=1S/C25H20Cl2N2O3S/c1-3-32-20-10-5-4-8-18(20)28-22-23(33-16-13-11-15(2)12-14-16)25(31)29(24(22)30)19-9-6-7-17(26)21(19)27/h4-14,28H,3H2,1-2H3. The molecule has 0 fully saturated rings. The number of halogens is 2. The number of nitrogens with one attached hydrogen (secondary N) is 1. The Bertz CT molecular complexity index is 1260. The largest absolute Gasteiger partial charge is 0.492 e. The van der Waals surface area contributed by atoms with Gasteiger partial charge in [-0.05, 0) is 50.2 Å². The number of rotatable bonds is 7. The van der Waals surface area contributed by atoms with E-state index in [1.54, 1.807) is 30.3 Å². The summed E-state index contributed by atoms with van der Waals surface area (Å²) < 4.78 is 5.68. The van der Waals surface area contributed by atoms with Crippen LogP contribution in [0.1, 0.15) is 12.5 Å². The van der Waals surface area contributed by atoms with Gasteiger partial charge in [-0.1, -0.05) is 70.9 Å². The number of aryl methyl sites for hydroxylation is 1. The van der Waals surface area contributed by atoms with Crippen LogP contribution >= 0.6 is 35.0 Å². The van der Waals surface area contributed by atoms with Gasteiger partial charge in [0.2, 0.25) is 0 Å². The number of carbonyl (C=O) groups excluding carboxylic acids is 2. The third-order valence-electron chi connectivity index (χ3n) is 4.90. The van der Waals surface area contributed by atoms with Gasteiger partial charge in [-0.25, -0.2) is 4.90 Å². The van der Waals surface area contributed by atoms with Crippen molar-refractivity contribution >= 4 is 58.2 Å². The monoisotopic (exact) mass is 498 g/mol. The van der Waals surface area contributed by atoms with Gasteiger partial charge in [-0.3, -0.25) is 9.59 Å². The number of benzene rings is 3. The van der Waals surface area contributed by atoms with Crippen molar-refractivity contribution in [3.05, 3.63) is 92.9 Å². The van der Waals surface area contributed by atoms with Crippen molar-refractivity contribution in [2.45, 2.75) is 18.7 Å². The minimum Gasteiger partial charge on any atom is -0.492 e. The highest BCUT2D eigenvalue weighted by Gasteiger charge is 2.41. The quantitative estimate of drug-likeness (QED) is 0.367. The van der Waals surface area contributed by atoms with Crippen molar-refractivity contribution in [3.8, 4) is 5.75 Å². The normalized spacial score (nSPS) is 13.6. The Labute approximate surface area is 206 Å². The fourth-order valence-corrected chi connectivity index (χ4v) is 4.62. The Balaban J connectivity index is 1.79. The highest BCUT2D eigenvalue weighted by atomic mass is 35.5. The molecule has 1 aliphatic rings. The molecule has 0 atom stereocenters. The Hall–Kier alpha value is -2.93. The van der Waals surface area contributed by atoms with Crippen molar-refractivity contribution in [2.75, 3.05) is 16.8 Å². The van der Waals surface area contributed by atoms with E-state index >= 15 is 0 Å². The molecule has 0 unspecified atom stereocenters. The molecule has 4 rings (SSSR count). The van der Waals surface area contributed by atoms with E-state index in [0.717, 1.165) is 15.4 Å². The fourth-order valence-electron chi connectivity index (χ4n) is 3.31. The number of hydrogen-bond donors (Lipinski definition) is 1. The summed E-state index contributed by atoms with van der Waals surface area (Å²) in [5.41, 5.74) is 2.06. The number of hydrogen-bond acceptors (Lipinski definition) is 5. The lowest BCUT2D eigenvalue weighted by atomic mass is 10.2. The van der Waals surface area contributed by atoms with Crippen LogP contribution in [0.4, 0.5) is 11.4 Å². The number of amides is 2. The number of para-hydroxylation sites is 2. The van der Waals surface area contributed by atoms with E-state index in [0.29, 0.717) is 18.0 Å². The number of ether oxygens (including phenoxy) is 1. The first-order chi connectivity index (χ1) is 15.9. The van der Waals surface area contributed by atoms with Crippen LogP contribution in [-0.4, -0.2) is 18.4 Å². The van der Waals surface area contributed by atoms with E-state index in [1.165, 1.54) is 11.8 Å².